The molecule has 136 valence electrons. The first-order valence-electron chi connectivity index (χ1n) is 8.17. The normalized spacial score (nSPS) is 21.7. The van der Waals surface area contributed by atoms with E-state index in [-0.39, 0.29) is 22.8 Å². The first-order valence-corrected chi connectivity index (χ1v) is 9.61. The number of sulfonamides is 1. The van der Waals surface area contributed by atoms with E-state index >= 15 is 0 Å². The van der Waals surface area contributed by atoms with Crippen LogP contribution in [-0.4, -0.2) is 63.3 Å². The molecule has 0 aliphatic carbocycles. The molecule has 0 bridgehead atoms. The van der Waals surface area contributed by atoms with Crippen molar-refractivity contribution in [2.24, 2.45) is 5.92 Å². The number of hydrogen-bond acceptors (Lipinski definition) is 5. The topological polar surface area (TPSA) is 93.5 Å². The molecule has 1 aliphatic heterocycles. The summed E-state index contributed by atoms with van der Waals surface area (Å²) >= 11 is 0. The van der Waals surface area contributed by atoms with Crippen LogP contribution in [0.25, 0.3) is 0 Å². The molecule has 1 fully saturated rings. The second kappa shape index (κ2) is 7.95. The van der Waals surface area contributed by atoms with E-state index in [2.05, 4.69) is 5.32 Å². The fraction of sp³-hybridized carbons (Fsp3) is 0.529. The standard InChI is InChI=1S/C17H24N4O3S/c1-13(22)19-11-15-7-8-21(12-17(15)20(2)3)25(23,24)16-6-4-5-14(9-16)10-18/h4-6,9,15,17H,7-8,11-12H2,1-3H3,(H,19,22)/t15-,17-/m1/s1. The Balaban J connectivity index is 2.20. The Bertz CT molecular complexity index is 770. The van der Waals surface area contributed by atoms with Crippen molar-refractivity contribution in [3.05, 3.63) is 29.8 Å². The lowest BCUT2D eigenvalue weighted by Crippen LogP contribution is -2.54. The van der Waals surface area contributed by atoms with Crippen molar-refractivity contribution >= 4 is 15.9 Å². The Kier molecular flexibility index (Phi) is 6.16. The summed E-state index contributed by atoms with van der Waals surface area (Å²) in [7, 11) is 0.182. The summed E-state index contributed by atoms with van der Waals surface area (Å²) in [6.07, 6.45) is 0.667. The van der Waals surface area contributed by atoms with E-state index in [1.54, 1.807) is 12.1 Å². The van der Waals surface area contributed by atoms with E-state index in [1.165, 1.54) is 23.4 Å². The van der Waals surface area contributed by atoms with Gasteiger partial charge in [-0.15, -0.1) is 0 Å². The van der Waals surface area contributed by atoms with Gasteiger partial charge < -0.3 is 10.2 Å². The van der Waals surface area contributed by atoms with Crippen molar-refractivity contribution < 1.29 is 13.2 Å². The molecule has 1 aromatic rings. The Morgan fingerprint density at radius 3 is 2.76 bits per heavy atom. The lowest BCUT2D eigenvalue weighted by atomic mass is 9.92. The van der Waals surface area contributed by atoms with E-state index in [0.29, 0.717) is 31.6 Å². The van der Waals surface area contributed by atoms with Crippen LogP contribution >= 0.6 is 0 Å². The summed E-state index contributed by atoms with van der Waals surface area (Å²) in [5.74, 6) is 0.108. The van der Waals surface area contributed by atoms with Crippen molar-refractivity contribution in [2.45, 2.75) is 24.3 Å². The highest BCUT2D eigenvalue weighted by molar-refractivity contribution is 7.89. The van der Waals surface area contributed by atoms with Crippen LogP contribution in [0.15, 0.2) is 29.2 Å². The van der Waals surface area contributed by atoms with Crippen molar-refractivity contribution in [1.82, 2.24) is 14.5 Å². The second-order valence-electron chi connectivity index (χ2n) is 6.52. The minimum absolute atomic E-state index is 0.00882. The van der Waals surface area contributed by atoms with E-state index in [0.717, 1.165) is 0 Å². The van der Waals surface area contributed by atoms with E-state index in [9.17, 15) is 13.2 Å². The predicted molar refractivity (Wildman–Crippen MR) is 94.2 cm³/mol. The third-order valence-corrected chi connectivity index (χ3v) is 6.42. The summed E-state index contributed by atoms with van der Waals surface area (Å²) in [5.41, 5.74) is 0.325. The van der Waals surface area contributed by atoms with Crippen molar-refractivity contribution in [3.8, 4) is 6.07 Å². The highest BCUT2D eigenvalue weighted by Crippen LogP contribution is 2.26. The summed E-state index contributed by atoms with van der Waals surface area (Å²) in [6, 6.07) is 8.07. The molecule has 0 spiro atoms. The number of nitrogens with zero attached hydrogens (tertiary/aromatic N) is 3. The smallest absolute Gasteiger partial charge is 0.243 e. The number of rotatable bonds is 5. The van der Waals surface area contributed by atoms with E-state index in [1.807, 2.05) is 25.1 Å². The molecule has 1 amide bonds. The fourth-order valence-corrected chi connectivity index (χ4v) is 4.66. The number of carbonyl (C=O) groups is 1. The molecule has 8 heteroatoms. The molecule has 0 unspecified atom stereocenters. The molecule has 25 heavy (non-hydrogen) atoms. The van der Waals surface area contributed by atoms with Crippen molar-refractivity contribution in [1.29, 1.82) is 5.26 Å². The Labute approximate surface area is 149 Å². The van der Waals surface area contributed by atoms with Gasteiger partial charge in [0.15, 0.2) is 0 Å². The Hall–Kier alpha value is -1.95. The van der Waals surface area contributed by atoms with Gasteiger partial charge in [0.2, 0.25) is 15.9 Å². The lowest BCUT2D eigenvalue weighted by Gasteiger charge is -2.41. The third-order valence-electron chi connectivity index (χ3n) is 4.56. The fourth-order valence-electron chi connectivity index (χ4n) is 3.14. The number of piperidine rings is 1. The summed E-state index contributed by atoms with van der Waals surface area (Å²) in [6.45, 7) is 2.77. The molecule has 2 atom stereocenters. The number of hydrogen-bond donors (Lipinski definition) is 1. The number of benzene rings is 1. The third kappa shape index (κ3) is 4.57. The highest BCUT2D eigenvalue weighted by Gasteiger charge is 2.36. The van der Waals surface area contributed by atoms with Crippen LogP contribution in [-0.2, 0) is 14.8 Å². The Morgan fingerprint density at radius 1 is 1.44 bits per heavy atom. The van der Waals surface area contributed by atoms with Gasteiger partial charge in [-0.3, -0.25) is 4.79 Å². The van der Waals surface area contributed by atoms with Crippen LogP contribution in [0.4, 0.5) is 0 Å². The van der Waals surface area contributed by atoms with Gasteiger partial charge in [0, 0.05) is 32.6 Å². The zero-order chi connectivity index (χ0) is 18.6. The maximum atomic E-state index is 12.9. The first-order chi connectivity index (χ1) is 11.8. The van der Waals surface area contributed by atoms with Crippen LogP contribution < -0.4 is 5.32 Å². The van der Waals surface area contributed by atoms with E-state index in [4.69, 9.17) is 5.26 Å². The van der Waals surface area contributed by atoms with Crippen molar-refractivity contribution in [2.75, 3.05) is 33.7 Å². The SMILES string of the molecule is CC(=O)NC[C@H]1CCN(S(=O)(=O)c2cccc(C#N)c2)C[C@H]1N(C)C. The molecular formula is C17H24N4O3S. The second-order valence-corrected chi connectivity index (χ2v) is 8.46. The molecule has 1 aliphatic rings. The van der Waals surface area contributed by atoms with Crippen LogP contribution in [0, 0.1) is 17.2 Å². The number of amides is 1. The molecule has 7 nitrogen and oxygen atoms in total. The molecule has 0 radical (unpaired) electrons. The zero-order valence-electron chi connectivity index (χ0n) is 14.8. The van der Waals surface area contributed by atoms with Crippen LogP contribution in [0.5, 0.6) is 0 Å². The monoisotopic (exact) mass is 364 g/mol. The van der Waals surface area contributed by atoms with Gasteiger partial charge in [0.25, 0.3) is 0 Å². The van der Waals surface area contributed by atoms with Gasteiger partial charge in [-0.2, -0.15) is 9.57 Å². The number of likely N-dealkylation sites (N-methyl/N-ethyl adjacent to an activating group) is 1. The van der Waals surface area contributed by atoms with Crippen LogP contribution in [0.3, 0.4) is 0 Å². The van der Waals surface area contributed by atoms with Gasteiger partial charge in [0.05, 0.1) is 16.5 Å². The van der Waals surface area contributed by atoms with E-state index < -0.39 is 10.0 Å². The summed E-state index contributed by atoms with van der Waals surface area (Å²) in [4.78, 5) is 13.3. The maximum absolute atomic E-state index is 12.9. The molecular weight excluding hydrogens is 340 g/mol. The first kappa shape index (κ1) is 19.4. The number of nitrogens with one attached hydrogen (secondary N) is 1. The predicted octanol–water partition coefficient (Wildman–Crippen LogP) is 0.635. The van der Waals surface area contributed by atoms with Gasteiger partial charge in [-0.05, 0) is 44.6 Å². The summed E-state index contributed by atoms with van der Waals surface area (Å²) < 4.78 is 27.3. The quantitative estimate of drug-likeness (QED) is 0.827. The van der Waals surface area contributed by atoms with Gasteiger partial charge >= 0.3 is 0 Å². The molecule has 1 N–H and O–H groups in total. The molecule has 0 aromatic heterocycles. The van der Waals surface area contributed by atoms with Gasteiger partial charge in [-0.25, -0.2) is 8.42 Å². The average Bonchev–Trinajstić information content (AvgIpc) is 2.59. The average molecular weight is 364 g/mol. The molecule has 1 aromatic carbocycles. The molecule has 2 rings (SSSR count). The van der Waals surface area contributed by atoms with Crippen LogP contribution in [0.2, 0.25) is 0 Å². The zero-order valence-corrected chi connectivity index (χ0v) is 15.6. The minimum Gasteiger partial charge on any atom is -0.356 e. The van der Waals surface area contributed by atoms with Crippen LogP contribution in [0.1, 0.15) is 18.9 Å². The Morgan fingerprint density at radius 2 is 2.16 bits per heavy atom. The minimum atomic E-state index is -3.65. The largest absolute Gasteiger partial charge is 0.356 e. The van der Waals surface area contributed by atoms with Crippen molar-refractivity contribution in [3.63, 3.8) is 0 Å². The lowest BCUT2D eigenvalue weighted by molar-refractivity contribution is -0.119. The molecule has 1 heterocycles. The summed E-state index contributed by atoms with van der Waals surface area (Å²) in [5, 5.41) is 11.8. The van der Waals surface area contributed by atoms with Gasteiger partial charge in [-0.1, -0.05) is 6.07 Å². The highest BCUT2D eigenvalue weighted by atomic mass is 32.2. The number of nitriles is 1. The molecule has 0 saturated carbocycles. The number of carbonyl (C=O) groups excluding carboxylic acids is 1. The van der Waals surface area contributed by atoms with Gasteiger partial charge in [0.1, 0.15) is 0 Å². The molecule has 1 saturated heterocycles. The maximum Gasteiger partial charge on any atom is 0.243 e.